The standard InChI is InChI=1S/C24H32ClN5O.HI/c1-26-24(27-12-11-19-5-4-6-21(17-19)23(31)28(2)3)30-15-13-29(14-16-30)18-20-7-9-22(25)10-8-20;/h4-10,17H,11-16,18H2,1-3H3,(H,26,27);1H. The molecule has 1 heterocycles. The maximum Gasteiger partial charge on any atom is 0.253 e. The Morgan fingerprint density at radius 3 is 2.38 bits per heavy atom. The third-order valence-corrected chi connectivity index (χ3v) is 5.73. The number of piperazine rings is 1. The normalized spacial score (nSPS) is 14.6. The smallest absolute Gasteiger partial charge is 0.253 e. The molecular formula is C24H33ClIN5O. The molecule has 0 bridgehead atoms. The number of amides is 1. The Bertz CT molecular complexity index is 896. The molecule has 1 saturated heterocycles. The molecule has 0 atom stereocenters. The van der Waals surface area contributed by atoms with Crippen LogP contribution in [0.4, 0.5) is 0 Å². The van der Waals surface area contributed by atoms with E-state index in [0.717, 1.165) is 67.8 Å². The van der Waals surface area contributed by atoms with Crippen molar-refractivity contribution in [2.24, 2.45) is 4.99 Å². The highest BCUT2D eigenvalue weighted by molar-refractivity contribution is 14.0. The summed E-state index contributed by atoms with van der Waals surface area (Å²) >= 11 is 5.98. The van der Waals surface area contributed by atoms with Crippen molar-refractivity contribution in [3.05, 3.63) is 70.2 Å². The van der Waals surface area contributed by atoms with Gasteiger partial charge in [0.25, 0.3) is 5.91 Å². The zero-order valence-electron chi connectivity index (χ0n) is 19.1. The minimum absolute atomic E-state index is 0. The van der Waals surface area contributed by atoms with Crippen LogP contribution in [0, 0.1) is 0 Å². The number of guanidine groups is 1. The molecule has 1 fully saturated rings. The summed E-state index contributed by atoms with van der Waals surface area (Å²) in [4.78, 5) is 23.0. The van der Waals surface area contributed by atoms with Gasteiger partial charge >= 0.3 is 0 Å². The molecular weight excluding hydrogens is 537 g/mol. The lowest BCUT2D eigenvalue weighted by atomic mass is 10.1. The molecule has 6 nitrogen and oxygen atoms in total. The van der Waals surface area contributed by atoms with Crippen LogP contribution < -0.4 is 5.32 Å². The number of benzene rings is 2. The second-order valence-corrected chi connectivity index (χ2v) is 8.45. The van der Waals surface area contributed by atoms with Crippen molar-refractivity contribution in [1.82, 2.24) is 20.0 Å². The van der Waals surface area contributed by atoms with E-state index in [1.807, 2.05) is 37.4 Å². The van der Waals surface area contributed by atoms with Gasteiger partial charge in [-0.2, -0.15) is 0 Å². The van der Waals surface area contributed by atoms with Crippen molar-refractivity contribution in [2.45, 2.75) is 13.0 Å². The number of rotatable bonds is 6. The molecule has 174 valence electrons. The van der Waals surface area contributed by atoms with Gasteiger partial charge in [0.15, 0.2) is 5.96 Å². The van der Waals surface area contributed by atoms with Crippen LogP contribution in [0.2, 0.25) is 5.02 Å². The molecule has 3 rings (SSSR count). The van der Waals surface area contributed by atoms with E-state index >= 15 is 0 Å². The van der Waals surface area contributed by atoms with Gasteiger partial charge in [-0.05, 0) is 41.8 Å². The molecule has 0 saturated carbocycles. The number of nitrogens with zero attached hydrogens (tertiary/aromatic N) is 4. The second kappa shape index (κ2) is 13.0. The first-order chi connectivity index (χ1) is 15.0. The van der Waals surface area contributed by atoms with Gasteiger partial charge in [0.05, 0.1) is 0 Å². The van der Waals surface area contributed by atoms with Crippen molar-refractivity contribution in [3.8, 4) is 0 Å². The summed E-state index contributed by atoms with van der Waals surface area (Å²) < 4.78 is 0. The zero-order chi connectivity index (χ0) is 22.2. The van der Waals surface area contributed by atoms with Crippen LogP contribution in [0.1, 0.15) is 21.5 Å². The van der Waals surface area contributed by atoms with Crippen LogP contribution in [-0.2, 0) is 13.0 Å². The van der Waals surface area contributed by atoms with Crippen LogP contribution in [0.15, 0.2) is 53.5 Å². The van der Waals surface area contributed by atoms with Crippen LogP contribution in [-0.4, -0.2) is 80.4 Å². The van der Waals surface area contributed by atoms with Crippen LogP contribution in [0.25, 0.3) is 0 Å². The second-order valence-electron chi connectivity index (χ2n) is 8.01. The van der Waals surface area contributed by atoms with Crippen molar-refractivity contribution in [1.29, 1.82) is 0 Å². The highest BCUT2D eigenvalue weighted by Gasteiger charge is 2.19. The lowest BCUT2D eigenvalue weighted by Crippen LogP contribution is -2.52. The molecule has 2 aromatic rings. The molecule has 8 heteroatoms. The Morgan fingerprint density at radius 2 is 1.75 bits per heavy atom. The minimum Gasteiger partial charge on any atom is -0.356 e. The van der Waals surface area contributed by atoms with Gasteiger partial charge in [0.2, 0.25) is 0 Å². The lowest BCUT2D eigenvalue weighted by Gasteiger charge is -2.36. The summed E-state index contributed by atoms with van der Waals surface area (Å²) in [5, 5.41) is 4.25. The summed E-state index contributed by atoms with van der Waals surface area (Å²) in [6.45, 7) is 5.60. The Labute approximate surface area is 213 Å². The van der Waals surface area contributed by atoms with Gasteiger partial charge < -0.3 is 15.1 Å². The summed E-state index contributed by atoms with van der Waals surface area (Å²) in [5.41, 5.74) is 3.16. The van der Waals surface area contributed by atoms with Gasteiger partial charge in [-0.25, -0.2) is 0 Å². The summed E-state index contributed by atoms with van der Waals surface area (Å²) in [6, 6.07) is 15.9. The van der Waals surface area contributed by atoms with Crippen molar-refractivity contribution < 1.29 is 4.79 Å². The van der Waals surface area contributed by atoms with E-state index in [1.54, 1.807) is 19.0 Å². The molecule has 2 aromatic carbocycles. The number of carbonyl (C=O) groups excluding carboxylic acids is 1. The lowest BCUT2D eigenvalue weighted by molar-refractivity contribution is 0.0827. The number of aliphatic imine (C=N–C) groups is 1. The van der Waals surface area contributed by atoms with Gasteiger partial charge in [0, 0.05) is 71.0 Å². The average molecular weight is 570 g/mol. The molecule has 1 amide bonds. The number of nitrogens with one attached hydrogen (secondary N) is 1. The monoisotopic (exact) mass is 569 g/mol. The average Bonchev–Trinajstić information content (AvgIpc) is 2.78. The SMILES string of the molecule is CN=C(NCCc1cccc(C(=O)N(C)C)c1)N1CCN(Cc2ccc(Cl)cc2)CC1.I. The minimum atomic E-state index is 0. The van der Waals surface area contributed by atoms with Crippen LogP contribution >= 0.6 is 35.6 Å². The van der Waals surface area contributed by atoms with E-state index in [-0.39, 0.29) is 29.9 Å². The summed E-state index contributed by atoms with van der Waals surface area (Å²) in [6.07, 6.45) is 0.837. The molecule has 0 aliphatic carbocycles. The molecule has 1 aliphatic rings. The van der Waals surface area contributed by atoms with E-state index in [2.05, 4.69) is 38.3 Å². The maximum atomic E-state index is 12.2. The number of halogens is 2. The highest BCUT2D eigenvalue weighted by Crippen LogP contribution is 2.13. The van der Waals surface area contributed by atoms with E-state index in [1.165, 1.54) is 5.56 Å². The summed E-state index contributed by atoms with van der Waals surface area (Å²) in [7, 11) is 5.38. The fraction of sp³-hybridized carbons (Fsp3) is 0.417. The van der Waals surface area contributed by atoms with Gasteiger partial charge in [-0.15, -0.1) is 24.0 Å². The first-order valence-corrected chi connectivity index (χ1v) is 11.1. The van der Waals surface area contributed by atoms with Crippen LogP contribution in [0.3, 0.4) is 0 Å². The molecule has 0 spiro atoms. The topological polar surface area (TPSA) is 51.2 Å². The Hall–Kier alpha value is -1.84. The Morgan fingerprint density at radius 1 is 1.06 bits per heavy atom. The third kappa shape index (κ3) is 7.64. The van der Waals surface area contributed by atoms with E-state index in [0.29, 0.717) is 0 Å². The first-order valence-electron chi connectivity index (χ1n) is 10.7. The largest absolute Gasteiger partial charge is 0.356 e. The fourth-order valence-electron chi connectivity index (χ4n) is 3.73. The Kier molecular flexibility index (Phi) is 10.7. The van der Waals surface area contributed by atoms with Crippen molar-refractivity contribution >= 4 is 47.4 Å². The number of hydrogen-bond donors (Lipinski definition) is 1. The predicted molar refractivity (Wildman–Crippen MR) is 143 cm³/mol. The van der Waals surface area contributed by atoms with E-state index in [4.69, 9.17) is 11.6 Å². The number of hydrogen-bond acceptors (Lipinski definition) is 3. The highest BCUT2D eigenvalue weighted by atomic mass is 127. The van der Waals surface area contributed by atoms with Gasteiger partial charge in [-0.1, -0.05) is 35.9 Å². The zero-order valence-corrected chi connectivity index (χ0v) is 22.1. The van der Waals surface area contributed by atoms with Crippen molar-refractivity contribution in [3.63, 3.8) is 0 Å². The van der Waals surface area contributed by atoms with E-state index in [9.17, 15) is 4.79 Å². The molecule has 1 aliphatic heterocycles. The summed E-state index contributed by atoms with van der Waals surface area (Å²) in [5.74, 6) is 0.966. The number of carbonyl (C=O) groups is 1. The van der Waals surface area contributed by atoms with Crippen LogP contribution in [0.5, 0.6) is 0 Å². The molecule has 32 heavy (non-hydrogen) atoms. The van der Waals surface area contributed by atoms with Gasteiger partial charge in [0.1, 0.15) is 0 Å². The fourth-order valence-corrected chi connectivity index (χ4v) is 3.86. The van der Waals surface area contributed by atoms with Gasteiger partial charge in [-0.3, -0.25) is 14.7 Å². The molecule has 0 aromatic heterocycles. The quantitative estimate of drug-likeness (QED) is 0.328. The third-order valence-electron chi connectivity index (χ3n) is 5.48. The van der Waals surface area contributed by atoms with E-state index < -0.39 is 0 Å². The Balaban J connectivity index is 0.00000363. The predicted octanol–water partition coefficient (Wildman–Crippen LogP) is 3.60. The molecule has 0 unspecified atom stereocenters. The first kappa shape index (κ1) is 26.4. The molecule has 0 radical (unpaired) electrons. The maximum absolute atomic E-state index is 12.2. The van der Waals surface area contributed by atoms with Crippen molar-refractivity contribution in [2.75, 3.05) is 53.9 Å². The molecule has 1 N–H and O–H groups in total.